The molecule has 9 heteroatoms. The first-order valence-electron chi connectivity index (χ1n) is 7.62. The van der Waals surface area contributed by atoms with Gasteiger partial charge in [-0.1, -0.05) is 0 Å². The van der Waals surface area contributed by atoms with Crippen LogP contribution in [0.1, 0.15) is 17.4 Å². The summed E-state index contributed by atoms with van der Waals surface area (Å²) < 4.78 is 59.8. The van der Waals surface area contributed by atoms with Crippen molar-refractivity contribution in [2.75, 3.05) is 24.6 Å². The number of anilines is 1. The predicted octanol–water partition coefficient (Wildman–Crippen LogP) is 2.98. The number of ether oxygens (including phenoxy) is 1. The predicted molar refractivity (Wildman–Crippen MR) is 81.5 cm³/mol. The third-order valence-electron chi connectivity index (χ3n) is 3.81. The minimum atomic E-state index is -3.50. The van der Waals surface area contributed by atoms with Crippen molar-refractivity contribution in [3.05, 3.63) is 41.8 Å². The fourth-order valence-electron chi connectivity index (χ4n) is 2.59. The summed E-state index contributed by atoms with van der Waals surface area (Å²) >= 11 is 0. The zero-order chi connectivity index (χ0) is 18.2. The van der Waals surface area contributed by atoms with Crippen molar-refractivity contribution < 1.29 is 27.1 Å². The summed E-state index contributed by atoms with van der Waals surface area (Å²) in [5.41, 5.74) is 0.240. The van der Waals surface area contributed by atoms with Crippen LogP contribution in [0.15, 0.2) is 30.3 Å². The summed E-state index contributed by atoms with van der Waals surface area (Å²) in [4.78, 5) is 13.0. The SMILES string of the molecule is CCOC(=O)c1cc(N2CC(F)C(F)(F)C2)n(-c2ccc(F)cc2)n1. The van der Waals surface area contributed by atoms with E-state index in [9.17, 15) is 22.4 Å². The van der Waals surface area contributed by atoms with Crippen LogP contribution >= 0.6 is 0 Å². The number of aromatic nitrogens is 2. The highest BCUT2D eigenvalue weighted by atomic mass is 19.3. The van der Waals surface area contributed by atoms with Crippen LogP contribution in [-0.2, 0) is 4.74 Å². The van der Waals surface area contributed by atoms with Gasteiger partial charge in [0.05, 0.1) is 25.4 Å². The van der Waals surface area contributed by atoms with Gasteiger partial charge < -0.3 is 9.64 Å². The van der Waals surface area contributed by atoms with Crippen LogP contribution in [0, 0.1) is 5.82 Å². The first-order valence-corrected chi connectivity index (χ1v) is 7.62. The van der Waals surface area contributed by atoms with Crippen LogP contribution in [0.4, 0.5) is 23.4 Å². The summed E-state index contributed by atoms with van der Waals surface area (Å²) in [6.45, 7) is 0.349. The molecule has 1 fully saturated rings. The second kappa shape index (κ2) is 6.38. The van der Waals surface area contributed by atoms with Crippen LogP contribution < -0.4 is 4.90 Å². The number of alkyl halides is 3. The van der Waals surface area contributed by atoms with Crippen molar-refractivity contribution in [3.8, 4) is 5.69 Å². The minimum absolute atomic E-state index is 0.105. The quantitative estimate of drug-likeness (QED) is 0.624. The summed E-state index contributed by atoms with van der Waals surface area (Å²) in [6.07, 6.45) is -2.32. The van der Waals surface area contributed by atoms with E-state index in [1.54, 1.807) is 6.92 Å². The molecule has 5 nitrogen and oxygen atoms in total. The number of hydrogen-bond acceptors (Lipinski definition) is 4. The molecule has 134 valence electrons. The van der Waals surface area contributed by atoms with E-state index < -0.39 is 37.0 Å². The van der Waals surface area contributed by atoms with E-state index in [0.29, 0.717) is 5.69 Å². The summed E-state index contributed by atoms with van der Waals surface area (Å²) in [6, 6.07) is 6.35. The molecule has 1 aromatic heterocycles. The van der Waals surface area contributed by atoms with Crippen LogP contribution in [0.2, 0.25) is 0 Å². The molecule has 0 spiro atoms. The maximum absolute atomic E-state index is 13.6. The second-order valence-electron chi connectivity index (χ2n) is 5.61. The van der Waals surface area contributed by atoms with Crippen LogP contribution in [0.25, 0.3) is 5.69 Å². The third-order valence-corrected chi connectivity index (χ3v) is 3.81. The first-order chi connectivity index (χ1) is 11.8. The van der Waals surface area contributed by atoms with Gasteiger partial charge in [-0.2, -0.15) is 5.10 Å². The Morgan fingerprint density at radius 1 is 1.36 bits per heavy atom. The van der Waals surface area contributed by atoms with Gasteiger partial charge in [-0.05, 0) is 31.2 Å². The highest BCUT2D eigenvalue weighted by Gasteiger charge is 2.49. The molecule has 1 unspecified atom stereocenters. The van der Waals surface area contributed by atoms with Gasteiger partial charge in [-0.3, -0.25) is 0 Å². The number of hydrogen-bond donors (Lipinski definition) is 0. The van der Waals surface area contributed by atoms with Gasteiger partial charge in [0.25, 0.3) is 5.92 Å². The highest BCUT2D eigenvalue weighted by Crippen LogP contribution is 2.34. The standard InChI is InChI=1S/C16H15F4N3O2/c1-2-25-15(24)12-7-14(22-8-13(18)16(19,20)9-22)23(21-12)11-5-3-10(17)4-6-11/h3-7,13H,2,8-9H2,1H3. The zero-order valence-corrected chi connectivity index (χ0v) is 13.3. The normalized spacial score (nSPS) is 19.2. The lowest BCUT2D eigenvalue weighted by Gasteiger charge is -2.18. The van der Waals surface area contributed by atoms with E-state index in [4.69, 9.17) is 4.74 Å². The van der Waals surface area contributed by atoms with Gasteiger partial charge in [0.1, 0.15) is 11.6 Å². The molecule has 2 aromatic rings. The Labute approximate surface area is 140 Å². The molecule has 1 saturated heterocycles. The number of esters is 1. The Hall–Kier alpha value is -2.58. The molecule has 3 rings (SSSR count). The smallest absolute Gasteiger partial charge is 0.358 e. The first kappa shape index (κ1) is 17.2. The van der Waals surface area contributed by atoms with E-state index in [-0.39, 0.29) is 18.1 Å². The zero-order valence-electron chi connectivity index (χ0n) is 13.3. The number of nitrogens with zero attached hydrogens (tertiary/aromatic N) is 3. The van der Waals surface area contributed by atoms with Crippen LogP contribution in [0.3, 0.4) is 0 Å². The average Bonchev–Trinajstić information content (AvgIpc) is 3.10. The molecule has 1 aliphatic rings. The third kappa shape index (κ3) is 3.31. The molecule has 2 heterocycles. The van der Waals surface area contributed by atoms with Crippen molar-refractivity contribution in [1.29, 1.82) is 0 Å². The Balaban J connectivity index is 2.03. The van der Waals surface area contributed by atoms with Crippen molar-refractivity contribution in [2.45, 2.75) is 19.0 Å². The minimum Gasteiger partial charge on any atom is -0.461 e. The Bertz CT molecular complexity index is 776. The highest BCUT2D eigenvalue weighted by molar-refractivity contribution is 5.88. The molecule has 25 heavy (non-hydrogen) atoms. The number of rotatable bonds is 4. The molecular weight excluding hydrogens is 342 g/mol. The van der Waals surface area contributed by atoms with Gasteiger partial charge in [0.2, 0.25) is 0 Å². The molecule has 0 saturated carbocycles. The largest absolute Gasteiger partial charge is 0.461 e. The Kier molecular flexibility index (Phi) is 4.40. The maximum atomic E-state index is 13.6. The van der Waals surface area contributed by atoms with Crippen molar-refractivity contribution in [3.63, 3.8) is 0 Å². The maximum Gasteiger partial charge on any atom is 0.358 e. The fourth-order valence-corrected chi connectivity index (χ4v) is 2.59. The van der Waals surface area contributed by atoms with E-state index in [0.717, 1.165) is 4.90 Å². The molecule has 1 aliphatic heterocycles. The molecule has 0 bridgehead atoms. The van der Waals surface area contributed by atoms with Crippen LogP contribution in [0.5, 0.6) is 0 Å². The summed E-state index contributed by atoms with van der Waals surface area (Å²) in [5, 5.41) is 4.06. The van der Waals surface area contributed by atoms with E-state index in [1.165, 1.54) is 35.0 Å². The summed E-state index contributed by atoms with van der Waals surface area (Å²) in [5.74, 6) is -4.61. The molecule has 0 N–H and O–H groups in total. The molecular formula is C16H15F4N3O2. The topological polar surface area (TPSA) is 47.4 Å². The lowest BCUT2D eigenvalue weighted by molar-refractivity contribution is -0.0349. The van der Waals surface area contributed by atoms with Gasteiger partial charge >= 0.3 is 5.97 Å². The lowest BCUT2D eigenvalue weighted by Crippen LogP contribution is -2.29. The van der Waals surface area contributed by atoms with Gasteiger partial charge in [-0.25, -0.2) is 27.0 Å². The number of carbonyl (C=O) groups is 1. The Morgan fingerprint density at radius 3 is 2.60 bits per heavy atom. The monoisotopic (exact) mass is 357 g/mol. The van der Waals surface area contributed by atoms with Gasteiger partial charge in [0.15, 0.2) is 11.9 Å². The molecule has 0 radical (unpaired) electrons. The van der Waals surface area contributed by atoms with E-state index >= 15 is 0 Å². The number of halogens is 4. The molecule has 1 aromatic carbocycles. The number of benzene rings is 1. The van der Waals surface area contributed by atoms with E-state index in [1.807, 2.05) is 0 Å². The number of carbonyl (C=O) groups excluding carboxylic acids is 1. The average molecular weight is 357 g/mol. The van der Waals surface area contributed by atoms with Gasteiger partial charge in [-0.15, -0.1) is 0 Å². The molecule has 0 aliphatic carbocycles. The summed E-state index contributed by atoms with van der Waals surface area (Å²) in [7, 11) is 0. The molecule has 0 amide bonds. The molecule has 1 atom stereocenters. The van der Waals surface area contributed by atoms with E-state index in [2.05, 4.69) is 5.10 Å². The van der Waals surface area contributed by atoms with Crippen molar-refractivity contribution in [1.82, 2.24) is 9.78 Å². The fraction of sp³-hybridized carbons (Fsp3) is 0.375. The Morgan fingerprint density at radius 2 is 2.04 bits per heavy atom. The van der Waals surface area contributed by atoms with Crippen molar-refractivity contribution in [2.24, 2.45) is 0 Å². The van der Waals surface area contributed by atoms with Gasteiger partial charge in [0, 0.05) is 6.07 Å². The second-order valence-corrected chi connectivity index (χ2v) is 5.61. The van der Waals surface area contributed by atoms with Crippen LogP contribution in [-0.4, -0.2) is 47.5 Å². The van der Waals surface area contributed by atoms with Crippen molar-refractivity contribution >= 4 is 11.8 Å². The lowest BCUT2D eigenvalue weighted by atomic mass is 10.3.